The Morgan fingerprint density at radius 3 is 1.85 bits per heavy atom. The van der Waals surface area contributed by atoms with Crippen molar-refractivity contribution in [2.24, 2.45) is 0 Å². The molecule has 1 aromatic rings. The lowest BCUT2D eigenvalue weighted by Gasteiger charge is -1.85. The predicted octanol–water partition coefficient (Wildman–Crippen LogP) is 2.99. The first kappa shape index (κ1) is 11.4. The molecular formula is C11H14O2. The Bertz CT molecular complexity index is 205. The zero-order chi connectivity index (χ0) is 9.94. The van der Waals surface area contributed by atoms with E-state index in [-0.39, 0.29) is 5.78 Å². The maximum absolute atomic E-state index is 10.5. The third kappa shape index (κ3) is 8.34. The molecule has 0 aliphatic carbocycles. The van der Waals surface area contributed by atoms with Gasteiger partial charge < -0.3 is 4.42 Å². The van der Waals surface area contributed by atoms with Crippen LogP contribution in [0.2, 0.25) is 0 Å². The normalized spacial score (nSPS) is 8.00. The van der Waals surface area contributed by atoms with Gasteiger partial charge in [-0.3, -0.25) is 4.79 Å². The van der Waals surface area contributed by atoms with Crippen LogP contribution in [0.4, 0.5) is 0 Å². The highest BCUT2D eigenvalue weighted by Crippen LogP contribution is 1.89. The van der Waals surface area contributed by atoms with Gasteiger partial charge in [-0.2, -0.15) is 0 Å². The third-order valence-electron chi connectivity index (χ3n) is 1.17. The molecule has 0 saturated heterocycles. The Kier molecular flexibility index (Phi) is 7.50. The van der Waals surface area contributed by atoms with Gasteiger partial charge in [-0.25, -0.2) is 0 Å². The molecule has 70 valence electrons. The van der Waals surface area contributed by atoms with Gasteiger partial charge in [0.1, 0.15) is 5.78 Å². The monoisotopic (exact) mass is 178 g/mol. The summed E-state index contributed by atoms with van der Waals surface area (Å²) in [7, 11) is 0. The molecule has 0 aromatic carbocycles. The fourth-order valence-corrected chi connectivity index (χ4v) is 0.632. The summed E-state index contributed by atoms with van der Waals surface area (Å²) in [5, 5.41) is 0. The summed E-state index contributed by atoms with van der Waals surface area (Å²) < 4.78 is 4.58. The summed E-state index contributed by atoms with van der Waals surface area (Å²) in [5.41, 5.74) is 0. The van der Waals surface area contributed by atoms with E-state index in [9.17, 15) is 4.79 Å². The minimum atomic E-state index is 0.176. The number of allylic oxidation sites excluding steroid dienone is 2. The molecule has 2 heteroatoms. The van der Waals surface area contributed by atoms with E-state index in [0.29, 0.717) is 12.8 Å². The zero-order valence-electron chi connectivity index (χ0n) is 7.61. The second kappa shape index (κ2) is 8.53. The van der Waals surface area contributed by atoms with E-state index in [1.807, 2.05) is 12.1 Å². The van der Waals surface area contributed by atoms with Gasteiger partial charge in [0.25, 0.3) is 0 Å². The van der Waals surface area contributed by atoms with Crippen LogP contribution >= 0.6 is 0 Å². The van der Waals surface area contributed by atoms with Crippen molar-refractivity contribution in [3.63, 3.8) is 0 Å². The highest BCUT2D eigenvalue weighted by atomic mass is 16.3. The molecule has 1 rings (SSSR count). The van der Waals surface area contributed by atoms with Gasteiger partial charge in [-0.05, 0) is 12.1 Å². The lowest BCUT2D eigenvalue weighted by Crippen LogP contribution is -1.90. The molecule has 0 radical (unpaired) electrons. The molecule has 0 spiro atoms. The summed E-state index contributed by atoms with van der Waals surface area (Å²) in [5.74, 6) is 0.176. The van der Waals surface area contributed by atoms with E-state index >= 15 is 0 Å². The molecule has 0 aliphatic heterocycles. The topological polar surface area (TPSA) is 30.2 Å². The Morgan fingerprint density at radius 1 is 1.15 bits per heavy atom. The quantitative estimate of drug-likeness (QED) is 0.663. The van der Waals surface area contributed by atoms with Crippen molar-refractivity contribution < 1.29 is 9.21 Å². The summed E-state index contributed by atoms with van der Waals surface area (Å²) >= 11 is 0. The van der Waals surface area contributed by atoms with E-state index in [2.05, 4.69) is 17.6 Å². The molecule has 0 saturated carbocycles. The largest absolute Gasteiger partial charge is 0.473 e. The average Bonchev–Trinajstić information content (AvgIpc) is 2.61. The first-order chi connectivity index (χ1) is 6.31. The van der Waals surface area contributed by atoms with Crippen LogP contribution in [0, 0.1) is 0 Å². The van der Waals surface area contributed by atoms with E-state index in [1.165, 1.54) is 0 Å². The lowest BCUT2D eigenvalue weighted by molar-refractivity contribution is -0.117. The Balaban J connectivity index is 0.000000243. The van der Waals surface area contributed by atoms with E-state index in [4.69, 9.17) is 0 Å². The minimum absolute atomic E-state index is 0.176. The van der Waals surface area contributed by atoms with Gasteiger partial charge in [-0.15, -0.1) is 13.2 Å². The van der Waals surface area contributed by atoms with Gasteiger partial charge in [0, 0.05) is 12.8 Å². The number of furan rings is 1. The van der Waals surface area contributed by atoms with Crippen LogP contribution in [0.5, 0.6) is 0 Å². The van der Waals surface area contributed by atoms with Crippen LogP contribution in [0.1, 0.15) is 12.8 Å². The van der Waals surface area contributed by atoms with Gasteiger partial charge in [0.05, 0.1) is 12.5 Å². The number of carbonyl (C=O) groups is 1. The Morgan fingerprint density at radius 2 is 1.62 bits per heavy atom. The second-order valence-electron chi connectivity index (χ2n) is 2.32. The van der Waals surface area contributed by atoms with Crippen LogP contribution in [0.25, 0.3) is 0 Å². The molecule has 0 N–H and O–H groups in total. The molecule has 0 unspecified atom stereocenters. The Hall–Kier alpha value is -1.57. The van der Waals surface area contributed by atoms with E-state index < -0.39 is 0 Å². The number of carbonyl (C=O) groups excluding carboxylic acids is 1. The fourth-order valence-electron chi connectivity index (χ4n) is 0.632. The molecule has 13 heavy (non-hydrogen) atoms. The van der Waals surface area contributed by atoms with Crippen molar-refractivity contribution >= 4 is 5.78 Å². The maximum atomic E-state index is 10.5. The molecule has 0 amide bonds. The molecule has 0 bridgehead atoms. The van der Waals surface area contributed by atoms with Crippen molar-refractivity contribution in [1.29, 1.82) is 0 Å². The summed E-state index contributed by atoms with van der Waals surface area (Å²) in [4.78, 5) is 10.5. The first-order valence-corrected chi connectivity index (χ1v) is 4.02. The van der Waals surface area contributed by atoms with E-state index in [0.717, 1.165) is 0 Å². The van der Waals surface area contributed by atoms with Crippen LogP contribution in [0.15, 0.2) is 54.4 Å². The summed E-state index contributed by atoms with van der Waals surface area (Å²) in [6.07, 6.45) is 7.38. The van der Waals surface area contributed by atoms with Crippen LogP contribution in [0.3, 0.4) is 0 Å². The number of ketones is 1. The molecule has 1 heterocycles. The fraction of sp³-hybridized carbons (Fsp3) is 0.182. The molecule has 2 nitrogen and oxygen atoms in total. The third-order valence-corrected chi connectivity index (χ3v) is 1.17. The summed E-state index contributed by atoms with van der Waals surface area (Å²) in [6, 6.07) is 3.67. The molecular weight excluding hydrogens is 164 g/mol. The van der Waals surface area contributed by atoms with Crippen molar-refractivity contribution in [3.05, 3.63) is 50.0 Å². The van der Waals surface area contributed by atoms with E-state index in [1.54, 1.807) is 24.7 Å². The van der Waals surface area contributed by atoms with Crippen molar-refractivity contribution in [1.82, 2.24) is 0 Å². The van der Waals surface area contributed by atoms with Crippen LogP contribution in [-0.2, 0) is 4.79 Å². The number of rotatable bonds is 4. The SMILES string of the molecule is C=CCC(=O)CC=C.c1ccoc1. The molecule has 0 fully saturated rings. The zero-order valence-corrected chi connectivity index (χ0v) is 7.61. The maximum Gasteiger partial charge on any atom is 0.140 e. The molecule has 0 atom stereocenters. The van der Waals surface area contributed by atoms with Crippen molar-refractivity contribution in [3.8, 4) is 0 Å². The van der Waals surface area contributed by atoms with Gasteiger partial charge in [-0.1, -0.05) is 12.2 Å². The lowest BCUT2D eigenvalue weighted by atomic mass is 10.2. The number of hydrogen-bond acceptors (Lipinski definition) is 2. The molecule has 0 aliphatic rings. The van der Waals surface area contributed by atoms with Crippen molar-refractivity contribution in [2.75, 3.05) is 0 Å². The predicted molar refractivity (Wildman–Crippen MR) is 53.3 cm³/mol. The standard InChI is InChI=1S/C7H10O.C4H4O/c1-3-5-7(8)6-4-2;1-2-4-5-3-1/h3-4H,1-2,5-6H2;1-4H. The second-order valence-corrected chi connectivity index (χ2v) is 2.32. The number of hydrogen-bond donors (Lipinski definition) is 0. The Labute approximate surface area is 78.6 Å². The molecule has 1 aromatic heterocycles. The van der Waals surface area contributed by atoms with Crippen LogP contribution < -0.4 is 0 Å². The average molecular weight is 178 g/mol. The van der Waals surface area contributed by atoms with Gasteiger partial charge in [0.2, 0.25) is 0 Å². The van der Waals surface area contributed by atoms with Gasteiger partial charge >= 0.3 is 0 Å². The first-order valence-electron chi connectivity index (χ1n) is 4.02. The van der Waals surface area contributed by atoms with Crippen molar-refractivity contribution in [2.45, 2.75) is 12.8 Å². The highest BCUT2D eigenvalue weighted by molar-refractivity contribution is 5.80. The minimum Gasteiger partial charge on any atom is -0.473 e. The summed E-state index contributed by atoms with van der Waals surface area (Å²) in [6.45, 7) is 6.86. The smallest absolute Gasteiger partial charge is 0.140 e. The number of Topliss-reactive ketones (excluding diaryl/α,β-unsaturated/α-hetero) is 1. The van der Waals surface area contributed by atoms with Gasteiger partial charge in [0.15, 0.2) is 0 Å². The van der Waals surface area contributed by atoms with Crippen LogP contribution in [-0.4, -0.2) is 5.78 Å². The highest BCUT2D eigenvalue weighted by Gasteiger charge is 1.91.